The number of amides is 1. The van der Waals surface area contributed by atoms with Gasteiger partial charge in [0.1, 0.15) is 0 Å². The van der Waals surface area contributed by atoms with E-state index in [9.17, 15) is 26.4 Å². The fraction of sp³-hybridized carbons (Fsp3) is 0.611. The highest BCUT2D eigenvalue weighted by Gasteiger charge is 2.32. The van der Waals surface area contributed by atoms with Gasteiger partial charge in [-0.3, -0.25) is 4.79 Å². The molecule has 0 spiro atoms. The van der Waals surface area contributed by atoms with E-state index in [1.807, 2.05) is 0 Å². The Morgan fingerprint density at radius 2 is 1.93 bits per heavy atom. The summed E-state index contributed by atoms with van der Waals surface area (Å²) in [6.45, 7) is 2.72. The molecule has 152 valence electrons. The van der Waals surface area contributed by atoms with E-state index in [1.54, 1.807) is 6.92 Å². The van der Waals surface area contributed by atoms with E-state index < -0.39 is 27.7 Å². The summed E-state index contributed by atoms with van der Waals surface area (Å²) in [5.41, 5.74) is -0.00929. The Hall–Kier alpha value is -1.61. The molecule has 1 fully saturated rings. The molecular weight excluding hydrogens is 381 g/mol. The maximum atomic E-state index is 12.5. The number of rotatable bonds is 7. The van der Waals surface area contributed by atoms with E-state index in [4.69, 9.17) is 0 Å². The van der Waals surface area contributed by atoms with Gasteiger partial charge < -0.3 is 5.32 Å². The maximum Gasteiger partial charge on any atom is 0.416 e. The summed E-state index contributed by atoms with van der Waals surface area (Å²) in [7, 11) is -3.32. The average molecular weight is 406 g/mol. The fourth-order valence-corrected chi connectivity index (χ4v) is 4.72. The molecule has 0 radical (unpaired) electrons. The van der Waals surface area contributed by atoms with Crippen LogP contribution in [0.1, 0.15) is 37.3 Å². The van der Waals surface area contributed by atoms with Gasteiger partial charge in [0.2, 0.25) is 15.9 Å². The molecule has 0 aromatic heterocycles. The normalized spacial score (nSPS) is 19.0. The number of hydrogen-bond donors (Lipinski definition) is 1. The molecule has 1 aliphatic heterocycles. The number of piperidine rings is 1. The minimum absolute atomic E-state index is 0.0786. The predicted molar refractivity (Wildman–Crippen MR) is 96.5 cm³/mol. The van der Waals surface area contributed by atoms with Crippen LogP contribution in [0.15, 0.2) is 24.3 Å². The van der Waals surface area contributed by atoms with Crippen LogP contribution < -0.4 is 5.32 Å². The highest BCUT2D eigenvalue weighted by Crippen LogP contribution is 2.29. The highest BCUT2D eigenvalue weighted by molar-refractivity contribution is 7.89. The van der Waals surface area contributed by atoms with Gasteiger partial charge in [0, 0.05) is 19.6 Å². The van der Waals surface area contributed by atoms with Crippen LogP contribution in [0.2, 0.25) is 0 Å². The standard InChI is InChI=1S/C18H25F3N2O3S/c1-2-12-27(25,26)23-11-3-4-15(13-23)17(24)22-10-9-14-5-7-16(8-6-14)18(19,20)21/h5-8,15H,2-4,9-13H2,1H3,(H,22,24). The lowest BCUT2D eigenvalue weighted by Gasteiger charge is -2.31. The van der Waals surface area contributed by atoms with Gasteiger partial charge >= 0.3 is 6.18 Å². The number of benzene rings is 1. The smallest absolute Gasteiger partial charge is 0.355 e. The quantitative estimate of drug-likeness (QED) is 0.757. The summed E-state index contributed by atoms with van der Waals surface area (Å²) in [4.78, 5) is 12.3. The number of nitrogens with one attached hydrogen (secondary N) is 1. The van der Waals surface area contributed by atoms with E-state index in [0.717, 1.165) is 12.1 Å². The summed E-state index contributed by atoms with van der Waals surface area (Å²) in [5.74, 6) is -0.522. The second-order valence-corrected chi connectivity index (χ2v) is 8.84. The zero-order valence-corrected chi connectivity index (χ0v) is 16.1. The molecule has 2 rings (SSSR count). The first-order valence-corrected chi connectivity index (χ1v) is 10.7. The Morgan fingerprint density at radius 3 is 2.52 bits per heavy atom. The van der Waals surface area contributed by atoms with E-state index in [0.29, 0.717) is 44.3 Å². The molecule has 0 aliphatic carbocycles. The van der Waals surface area contributed by atoms with Gasteiger partial charge in [0.05, 0.1) is 17.2 Å². The number of halogens is 3. The van der Waals surface area contributed by atoms with Crippen molar-refractivity contribution in [1.29, 1.82) is 0 Å². The lowest BCUT2D eigenvalue weighted by Crippen LogP contribution is -2.46. The molecular formula is C18H25F3N2O3S. The van der Waals surface area contributed by atoms with Crippen LogP contribution in [0, 0.1) is 5.92 Å². The SMILES string of the molecule is CCCS(=O)(=O)N1CCCC(C(=O)NCCc2ccc(C(F)(F)F)cc2)C1. The van der Waals surface area contributed by atoms with Crippen LogP contribution >= 0.6 is 0 Å². The van der Waals surface area contributed by atoms with Crippen LogP contribution in [0.4, 0.5) is 13.2 Å². The summed E-state index contributed by atoms with van der Waals surface area (Å²) in [6.07, 6.45) is -2.15. The number of alkyl halides is 3. The van der Waals surface area contributed by atoms with Crippen LogP contribution in [0.25, 0.3) is 0 Å². The van der Waals surface area contributed by atoms with E-state index in [1.165, 1.54) is 16.4 Å². The molecule has 1 aliphatic rings. The Morgan fingerprint density at radius 1 is 1.26 bits per heavy atom. The van der Waals surface area contributed by atoms with Crippen molar-refractivity contribution in [1.82, 2.24) is 9.62 Å². The Labute approximate surface area is 158 Å². The second kappa shape index (κ2) is 9.05. The third kappa shape index (κ3) is 6.21. The van der Waals surface area contributed by atoms with Crippen molar-refractivity contribution in [3.8, 4) is 0 Å². The first-order valence-electron chi connectivity index (χ1n) is 9.05. The Kier molecular flexibility index (Phi) is 7.27. The molecule has 1 N–H and O–H groups in total. The lowest BCUT2D eigenvalue weighted by molar-refractivity contribution is -0.137. The Bertz CT molecular complexity index is 733. The van der Waals surface area contributed by atoms with Gasteiger partial charge in [0.15, 0.2) is 0 Å². The topological polar surface area (TPSA) is 66.5 Å². The van der Waals surface area contributed by atoms with Crippen molar-refractivity contribution in [2.75, 3.05) is 25.4 Å². The summed E-state index contributed by atoms with van der Waals surface area (Å²) in [6, 6.07) is 4.84. The largest absolute Gasteiger partial charge is 0.416 e. The second-order valence-electron chi connectivity index (χ2n) is 6.75. The maximum absolute atomic E-state index is 12.5. The summed E-state index contributed by atoms with van der Waals surface area (Å²) >= 11 is 0. The van der Waals surface area contributed by atoms with Crippen molar-refractivity contribution < 1.29 is 26.4 Å². The number of sulfonamides is 1. The van der Waals surface area contributed by atoms with Crippen LogP contribution in [-0.4, -0.2) is 44.0 Å². The van der Waals surface area contributed by atoms with E-state index >= 15 is 0 Å². The van der Waals surface area contributed by atoms with Gasteiger partial charge in [-0.1, -0.05) is 19.1 Å². The number of carbonyl (C=O) groups excluding carboxylic acids is 1. The zero-order valence-electron chi connectivity index (χ0n) is 15.3. The predicted octanol–water partition coefficient (Wildman–Crippen LogP) is 2.82. The molecule has 0 saturated carbocycles. The van der Waals surface area contributed by atoms with Gasteiger partial charge in [-0.25, -0.2) is 12.7 Å². The van der Waals surface area contributed by atoms with Gasteiger partial charge in [-0.15, -0.1) is 0 Å². The molecule has 1 aromatic rings. The van der Waals surface area contributed by atoms with Crippen molar-refractivity contribution in [2.24, 2.45) is 5.92 Å². The molecule has 1 amide bonds. The van der Waals surface area contributed by atoms with E-state index in [-0.39, 0.29) is 18.2 Å². The molecule has 27 heavy (non-hydrogen) atoms. The number of hydrogen-bond acceptors (Lipinski definition) is 3. The van der Waals surface area contributed by atoms with Crippen LogP contribution in [-0.2, 0) is 27.4 Å². The Balaban J connectivity index is 1.83. The first kappa shape index (κ1) is 21.7. The highest BCUT2D eigenvalue weighted by atomic mass is 32.2. The minimum atomic E-state index is -4.36. The molecule has 1 aromatic carbocycles. The average Bonchev–Trinajstić information content (AvgIpc) is 2.61. The monoisotopic (exact) mass is 406 g/mol. The third-order valence-electron chi connectivity index (χ3n) is 4.60. The van der Waals surface area contributed by atoms with Crippen molar-refractivity contribution >= 4 is 15.9 Å². The molecule has 9 heteroatoms. The molecule has 1 atom stereocenters. The molecule has 1 saturated heterocycles. The summed E-state index contributed by atoms with van der Waals surface area (Å²) in [5, 5.41) is 2.77. The van der Waals surface area contributed by atoms with Crippen LogP contribution in [0.5, 0.6) is 0 Å². The van der Waals surface area contributed by atoms with Crippen molar-refractivity contribution in [2.45, 2.75) is 38.8 Å². The summed E-state index contributed by atoms with van der Waals surface area (Å²) < 4.78 is 63.3. The molecule has 0 bridgehead atoms. The van der Waals surface area contributed by atoms with Crippen molar-refractivity contribution in [3.05, 3.63) is 35.4 Å². The first-order chi connectivity index (χ1) is 12.6. The zero-order chi connectivity index (χ0) is 20.1. The van der Waals surface area contributed by atoms with Gasteiger partial charge in [0.25, 0.3) is 0 Å². The minimum Gasteiger partial charge on any atom is -0.355 e. The van der Waals surface area contributed by atoms with E-state index in [2.05, 4.69) is 5.32 Å². The van der Waals surface area contributed by atoms with Gasteiger partial charge in [-0.2, -0.15) is 13.2 Å². The number of carbonyl (C=O) groups is 1. The lowest BCUT2D eigenvalue weighted by atomic mass is 9.98. The fourth-order valence-electron chi connectivity index (χ4n) is 3.13. The third-order valence-corrected chi connectivity index (χ3v) is 6.65. The molecule has 1 heterocycles. The molecule has 1 unspecified atom stereocenters. The van der Waals surface area contributed by atoms with Crippen LogP contribution in [0.3, 0.4) is 0 Å². The van der Waals surface area contributed by atoms with Crippen molar-refractivity contribution in [3.63, 3.8) is 0 Å². The molecule has 5 nitrogen and oxygen atoms in total. The van der Waals surface area contributed by atoms with Gasteiger partial charge in [-0.05, 0) is 43.4 Å². The number of nitrogens with zero attached hydrogens (tertiary/aromatic N) is 1.